The molecule has 0 aliphatic rings. The minimum atomic E-state index is -0.547. The fraction of sp³-hybridized carbons (Fsp3) is 0.286. The summed E-state index contributed by atoms with van der Waals surface area (Å²) >= 11 is 1.29. The van der Waals surface area contributed by atoms with Crippen molar-refractivity contribution in [1.82, 2.24) is 9.71 Å². The van der Waals surface area contributed by atoms with Crippen LogP contribution in [0.3, 0.4) is 0 Å². The molecule has 2 N–H and O–H groups in total. The predicted octanol–water partition coefficient (Wildman–Crippen LogP) is 2.21. The van der Waals surface area contributed by atoms with Gasteiger partial charge >= 0.3 is 5.97 Å². The SMILES string of the molecule is CCCC(Sc1ccccn1)C(=O)On1c(O)ccc1O. The molecule has 1 atom stereocenters. The van der Waals surface area contributed by atoms with E-state index in [0.29, 0.717) is 16.2 Å². The van der Waals surface area contributed by atoms with Crippen LogP contribution in [0.25, 0.3) is 0 Å². The van der Waals surface area contributed by atoms with Crippen molar-refractivity contribution in [1.29, 1.82) is 0 Å². The molecule has 2 rings (SSSR count). The number of hydrogen-bond donors (Lipinski definition) is 2. The minimum Gasteiger partial charge on any atom is -0.492 e. The Bertz CT molecular complexity index is 581. The average Bonchev–Trinajstić information content (AvgIpc) is 2.80. The fourth-order valence-corrected chi connectivity index (χ4v) is 2.76. The number of pyridine rings is 1. The third-order valence-corrected chi connectivity index (χ3v) is 3.89. The summed E-state index contributed by atoms with van der Waals surface area (Å²) in [5.41, 5.74) is 0. The van der Waals surface area contributed by atoms with Crippen molar-refractivity contribution in [3.63, 3.8) is 0 Å². The molecule has 0 aliphatic heterocycles. The number of thioether (sulfide) groups is 1. The lowest BCUT2D eigenvalue weighted by molar-refractivity contribution is -0.144. The second-order valence-corrected chi connectivity index (χ2v) is 5.54. The largest absolute Gasteiger partial charge is 0.492 e. The predicted molar refractivity (Wildman–Crippen MR) is 78.1 cm³/mol. The van der Waals surface area contributed by atoms with Crippen LogP contribution in [0.1, 0.15) is 19.8 Å². The second-order valence-electron chi connectivity index (χ2n) is 4.32. The summed E-state index contributed by atoms with van der Waals surface area (Å²) in [4.78, 5) is 21.4. The Morgan fingerprint density at radius 2 is 2.05 bits per heavy atom. The molecule has 0 amide bonds. The number of hydrogen-bond acceptors (Lipinski definition) is 6. The van der Waals surface area contributed by atoms with E-state index in [-0.39, 0.29) is 11.8 Å². The van der Waals surface area contributed by atoms with Gasteiger partial charge in [0, 0.05) is 18.3 Å². The van der Waals surface area contributed by atoms with Gasteiger partial charge in [-0.1, -0.05) is 31.2 Å². The molecule has 6 nitrogen and oxygen atoms in total. The van der Waals surface area contributed by atoms with Crippen LogP contribution < -0.4 is 4.84 Å². The second kappa shape index (κ2) is 7.03. The van der Waals surface area contributed by atoms with Gasteiger partial charge in [0.1, 0.15) is 5.25 Å². The van der Waals surface area contributed by atoms with Gasteiger partial charge in [-0.3, -0.25) is 0 Å². The molecule has 0 aliphatic carbocycles. The molecule has 2 heterocycles. The highest BCUT2D eigenvalue weighted by atomic mass is 32.2. The molecule has 21 heavy (non-hydrogen) atoms. The molecule has 0 saturated carbocycles. The lowest BCUT2D eigenvalue weighted by atomic mass is 10.2. The smallest absolute Gasteiger partial charge is 0.346 e. The van der Waals surface area contributed by atoms with Crippen LogP contribution in [0.15, 0.2) is 41.6 Å². The van der Waals surface area contributed by atoms with Gasteiger partial charge in [0.2, 0.25) is 11.8 Å². The average molecular weight is 308 g/mol. The van der Waals surface area contributed by atoms with E-state index in [4.69, 9.17) is 4.84 Å². The Morgan fingerprint density at radius 3 is 2.62 bits per heavy atom. The van der Waals surface area contributed by atoms with Crippen LogP contribution in [0.2, 0.25) is 0 Å². The molecule has 0 aromatic carbocycles. The van der Waals surface area contributed by atoms with E-state index in [1.165, 1.54) is 23.9 Å². The highest BCUT2D eigenvalue weighted by molar-refractivity contribution is 8.00. The van der Waals surface area contributed by atoms with Crippen LogP contribution in [0, 0.1) is 0 Å². The first-order chi connectivity index (χ1) is 10.1. The summed E-state index contributed by atoms with van der Waals surface area (Å²) in [5.74, 6) is -1.22. The maximum Gasteiger partial charge on any atom is 0.346 e. The van der Waals surface area contributed by atoms with Gasteiger partial charge in [0.15, 0.2) is 0 Å². The molecule has 2 aromatic rings. The molecule has 2 aromatic heterocycles. The minimum absolute atomic E-state index is 0.334. The van der Waals surface area contributed by atoms with Crippen molar-refractivity contribution in [2.75, 3.05) is 0 Å². The van der Waals surface area contributed by atoms with Crippen LogP contribution in [0.5, 0.6) is 11.8 Å². The lowest BCUT2D eigenvalue weighted by Crippen LogP contribution is -2.28. The maximum atomic E-state index is 12.2. The van der Waals surface area contributed by atoms with Gasteiger partial charge in [-0.15, -0.1) is 4.73 Å². The van der Waals surface area contributed by atoms with Gasteiger partial charge in [0.05, 0.1) is 5.03 Å². The van der Waals surface area contributed by atoms with E-state index in [0.717, 1.165) is 6.42 Å². The number of carbonyl (C=O) groups is 1. The van der Waals surface area contributed by atoms with Crippen LogP contribution in [-0.4, -0.2) is 31.1 Å². The number of nitrogens with zero attached hydrogens (tertiary/aromatic N) is 2. The van der Waals surface area contributed by atoms with E-state index in [9.17, 15) is 15.0 Å². The summed E-state index contributed by atoms with van der Waals surface area (Å²) in [6, 6.07) is 7.93. The van der Waals surface area contributed by atoms with E-state index >= 15 is 0 Å². The molecule has 112 valence electrons. The van der Waals surface area contributed by atoms with Crippen molar-refractivity contribution >= 4 is 17.7 Å². The summed E-state index contributed by atoms with van der Waals surface area (Å²) < 4.78 is 0.698. The Morgan fingerprint density at radius 1 is 1.33 bits per heavy atom. The number of aromatic hydroxyl groups is 2. The standard InChI is InChI=1S/C14H16N2O4S/c1-2-5-10(21-11-6-3-4-9-15-11)14(19)20-16-12(17)7-8-13(16)18/h3-4,6-10,17-18H,2,5H2,1H3. The first-order valence-corrected chi connectivity index (χ1v) is 7.39. The first kappa shape index (κ1) is 15.2. The normalized spacial score (nSPS) is 12.0. The fourth-order valence-electron chi connectivity index (χ4n) is 1.69. The Labute approximate surface area is 126 Å². The van der Waals surface area contributed by atoms with Crippen LogP contribution >= 0.6 is 11.8 Å². The maximum absolute atomic E-state index is 12.2. The van der Waals surface area contributed by atoms with E-state index in [1.807, 2.05) is 19.1 Å². The Hall–Kier alpha value is -2.15. The molecule has 0 saturated heterocycles. The van der Waals surface area contributed by atoms with E-state index in [2.05, 4.69) is 4.98 Å². The Kier molecular flexibility index (Phi) is 5.10. The summed E-state index contributed by atoms with van der Waals surface area (Å²) in [6.45, 7) is 1.96. The van der Waals surface area contributed by atoms with Crippen molar-refractivity contribution < 1.29 is 19.8 Å². The van der Waals surface area contributed by atoms with Crippen LogP contribution in [0.4, 0.5) is 0 Å². The molecule has 7 heteroatoms. The summed E-state index contributed by atoms with van der Waals surface area (Å²) in [7, 11) is 0. The van der Waals surface area contributed by atoms with Crippen LogP contribution in [-0.2, 0) is 4.79 Å². The molecular weight excluding hydrogens is 292 g/mol. The summed E-state index contributed by atoms with van der Waals surface area (Å²) in [5, 5.41) is 19.2. The third kappa shape index (κ3) is 3.91. The number of aromatic nitrogens is 2. The summed E-state index contributed by atoms with van der Waals surface area (Å²) in [6.07, 6.45) is 3.05. The highest BCUT2D eigenvalue weighted by Crippen LogP contribution is 2.26. The molecule has 0 fully saturated rings. The van der Waals surface area contributed by atoms with Gasteiger partial charge < -0.3 is 15.1 Å². The first-order valence-electron chi connectivity index (χ1n) is 6.51. The van der Waals surface area contributed by atoms with E-state index < -0.39 is 11.2 Å². The van der Waals surface area contributed by atoms with Crippen molar-refractivity contribution in [3.8, 4) is 11.8 Å². The van der Waals surface area contributed by atoms with Crippen molar-refractivity contribution in [2.45, 2.75) is 30.0 Å². The van der Waals surface area contributed by atoms with Gasteiger partial charge in [-0.05, 0) is 18.6 Å². The highest BCUT2D eigenvalue weighted by Gasteiger charge is 2.24. The number of carbonyl (C=O) groups excluding carboxylic acids is 1. The third-order valence-electron chi connectivity index (χ3n) is 2.69. The molecule has 1 unspecified atom stereocenters. The molecule has 0 spiro atoms. The van der Waals surface area contributed by atoms with E-state index in [1.54, 1.807) is 12.3 Å². The molecule has 0 radical (unpaired) electrons. The zero-order valence-corrected chi connectivity index (χ0v) is 12.3. The quantitative estimate of drug-likeness (QED) is 0.796. The number of rotatable bonds is 6. The zero-order chi connectivity index (χ0) is 15.2. The van der Waals surface area contributed by atoms with Gasteiger partial charge in [0.25, 0.3) is 0 Å². The Balaban J connectivity index is 2.09. The van der Waals surface area contributed by atoms with Gasteiger partial charge in [-0.2, -0.15) is 0 Å². The molecular formula is C14H16N2O4S. The zero-order valence-electron chi connectivity index (χ0n) is 11.5. The van der Waals surface area contributed by atoms with Crippen molar-refractivity contribution in [3.05, 3.63) is 36.5 Å². The van der Waals surface area contributed by atoms with Crippen molar-refractivity contribution in [2.24, 2.45) is 0 Å². The topological polar surface area (TPSA) is 84.6 Å². The molecule has 0 bridgehead atoms. The van der Waals surface area contributed by atoms with Gasteiger partial charge in [-0.25, -0.2) is 9.78 Å². The monoisotopic (exact) mass is 308 g/mol. The lowest BCUT2D eigenvalue weighted by Gasteiger charge is -2.14.